The van der Waals surface area contributed by atoms with E-state index in [2.05, 4.69) is 10.3 Å². The molecule has 23 heavy (non-hydrogen) atoms. The molecule has 0 fully saturated rings. The second kappa shape index (κ2) is 6.04. The van der Waals surface area contributed by atoms with Gasteiger partial charge in [0.15, 0.2) is 0 Å². The van der Waals surface area contributed by atoms with E-state index in [1.54, 1.807) is 11.3 Å². The van der Waals surface area contributed by atoms with Gasteiger partial charge in [0, 0.05) is 6.20 Å². The molecule has 3 aromatic rings. The normalized spacial score (nSPS) is 11.0. The number of fused-ring (bicyclic) bond motifs is 1. The van der Waals surface area contributed by atoms with Crippen LogP contribution in [0.15, 0.2) is 30.5 Å². The summed E-state index contributed by atoms with van der Waals surface area (Å²) in [5.74, 6) is -0.320. The Hall–Kier alpha value is -1.75. The third-order valence-electron chi connectivity index (χ3n) is 3.43. The highest BCUT2D eigenvalue weighted by atomic mass is 35.5. The van der Waals surface area contributed by atoms with Crippen LogP contribution in [-0.4, -0.2) is 15.3 Å². The minimum Gasteiger partial charge on any atom is -0.319 e. The molecule has 1 N–H and O–H groups in total. The summed E-state index contributed by atoms with van der Waals surface area (Å²) in [5, 5.41) is 3.71. The van der Waals surface area contributed by atoms with Crippen LogP contribution in [0, 0.1) is 13.8 Å². The van der Waals surface area contributed by atoms with Crippen molar-refractivity contribution in [2.75, 3.05) is 5.32 Å². The summed E-state index contributed by atoms with van der Waals surface area (Å²) in [5.41, 5.74) is 3.26. The lowest BCUT2D eigenvalue weighted by molar-refractivity contribution is 0.102. The van der Waals surface area contributed by atoms with Gasteiger partial charge in [-0.05, 0) is 43.7 Å². The first-order valence-corrected chi connectivity index (χ1v) is 7.91. The van der Waals surface area contributed by atoms with Gasteiger partial charge in [0.25, 0.3) is 5.91 Å². The van der Waals surface area contributed by atoms with Crippen LogP contribution in [0.1, 0.15) is 21.7 Å². The van der Waals surface area contributed by atoms with Crippen LogP contribution in [-0.2, 0) is 0 Å². The lowest BCUT2D eigenvalue weighted by Crippen LogP contribution is -2.16. The average Bonchev–Trinajstić information content (AvgIpc) is 2.79. The number of aromatic nitrogens is 2. The summed E-state index contributed by atoms with van der Waals surface area (Å²) >= 11 is 18.0. The molecule has 0 radical (unpaired) electrons. The number of benzene rings is 1. The first kappa shape index (κ1) is 16.1. The fourth-order valence-corrected chi connectivity index (χ4v) is 2.93. The van der Waals surface area contributed by atoms with E-state index in [1.807, 2.05) is 25.3 Å². The second-order valence-corrected chi connectivity index (χ2v) is 6.40. The standard InChI is InChI=1S/C16H12Cl3N3O/c1-8-3-4-22-14(5-8)20-9(2)15(22)16(23)21-13-7-11(18)10(17)6-12(13)19/h3-7H,1-2H3,(H,21,23). The molecule has 1 amide bonds. The maximum absolute atomic E-state index is 12.6. The molecule has 2 aromatic heterocycles. The first-order valence-electron chi connectivity index (χ1n) is 6.78. The Morgan fingerprint density at radius 3 is 2.52 bits per heavy atom. The van der Waals surface area contributed by atoms with E-state index >= 15 is 0 Å². The summed E-state index contributed by atoms with van der Waals surface area (Å²) in [7, 11) is 0. The molecule has 0 saturated heterocycles. The predicted octanol–water partition coefficient (Wildman–Crippen LogP) is 5.16. The zero-order chi connectivity index (χ0) is 16.7. The van der Waals surface area contributed by atoms with Crippen molar-refractivity contribution in [1.82, 2.24) is 9.38 Å². The van der Waals surface area contributed by atoms with E-state index < -0.39 is 0 Å². The molecular weight excluding hydrogens is 357 g/mol. The molecule has 118 valence electrons. The van der Waals surface area contributed by atoms with Crippen molar-refractivity contribution in [3.8, 4) is 0 Å². The molecule has 0 aliphatic carbocycles. The third kappa shape index (κ3) is 3.02. The van der Waals surface area contributed by atoms with Gasteiger partial charge in [0.05, 0.1) is 26.4 Å². The van der Waals surface area contributed by atoms with Gasteiger partial charge in [-0.1, -0.05) is 34.8 Å². The lowest BCUT2D eigenvalue weighted by atomic mass is 10.2. The summed E-state index contributed by atoms with van der Waals surface area (Å²) in [4.78, 5) is 17.0. The molecule has 0 aliphatic heterocycles. The highest BCUT2D eigenvalue weighted by Crippen LogP contribution is 2.32. The van der Waals surface area contributed by atoms with E-state index in [0.29, 0.717) is 37.8 Å². The maximum atomic E-state index is 12.6. The number of aryl methyl sites for hydroxylation is 2. The minimum absolute atomic E-state index is 0.315. The van der Waals surface area contributed by atoms with Crippen molar-refractivity contribution in [1.29, 1.82) is 0 Å². The second-order valence-electron chi connectivity index (χ2n) is 5.18. The van der Waals surface area contributed by atoms with E-state index in [1.165, 1.54) is 12.1 Å². The fourth-order valence-electron chi connectivity index (χ4n) is 2.34. The molecule has 0 saturated carbocycles. The Morgan fingerprint density at radius 2 is 1.78 bits per heavy atom. The number of amides is 1. The number of hydrogen-bond donors (Lipinski definition) is 1. The number of halogens is 3. The zero-order valence-corrected chi connectivity index (χ0v) is 14.6. The molecule has 0 unspecified atom stereocenters. The molecule has 0 aliphatic rings. The monoisotopic (exact) mass is 367 g/mol. The van der Waals surface area contributed by atoms with Crippen molar-refractivity contribution in [3.05, 3.63) is 62.5 Å². The Balaban J connectivity index is 2.02. The largest absolute Gasteiger partial charge is 0.319 e. The Morgan fingerprint density at radius 1 is 1.09 bits per heavy atom. The lowest BCUT2D eigenvalue weighted by Gasteiger charge is -2.09. The molecule has 0 bridgehead atoms. The van der Waals surface area contributed by atoms with Crippen LogP contribution >= 0.6 is 34.8 Å². The predicted molar refractivity (Wildman–Crippen MR) is 94.1 cm³/mol. The number of hydrogen-bond acceptors (Lipinski definition) is 2. The fraction of sp³-hybridized carbons (Fsp3) is 0.125. The van der Waals surface area contributed by atoms with Crippen molar-refractivity contribution >= 4 is 52.0 Å². The molecule has 1 aromatic carbocycles. The molecule has 0 atom stereocenters. The van der Waals surface area contributed by atoms with Crippen LogP contribution in [0.2, 0.25) is 15.1 Å². The Kier molecular flexibility index (Phi) is 4.23. The average molecular weight is 369 g/mol. The maximum Gasteiger partial charge on any atom is 0.274 e. The van der Waals surface area contributed by atoms with Crippen LogP contribution in [0.3, 0.4) is 0 Å². The van der Waals surface area contributed by atoms with Crippen LogP contribution in [0.5, 0.6) is 0 Å². The van der Waals surface area contributed by atoms with Crippen LogP contribution in [0.25, 0.3) is 5.65 Å². The Labute approximate surface area is 148 Å². The number of rotatable bonds is 2. The first-order chi connectivity index (χ1) is 10.9. The number of nitrogens with one attached hydrogen (secondary N) is 1. The van der Waals surface area contributed by atoms with Gasteiger partial charge < -0.3 is 5.32 Å². The van der Waals surface area contributed by atoms with E-state index in [-0.39, 0.29) is 5.91 Å². The van der Waals surface area contributed by atoms with Gasteiger partial charge in [-0.3, -0.25) is 9.20 Å². The zero-order valence-electron chi connectivity index (χ0n) is 12.3. The summed E-state index contributed by atoms with van der Waals surface area (Å²) in [6.45, 7) is 3.76. The number of pyridine rings is 1. The van der Waals surface area contributed by atoms with Gasteiger partial charge in [-0.25, -0.2) is 4.98 Å². The Bertz CT molecular complexity index is 934. The van der Waals surface area contributed by atoms with Crippen molar-refractivity contribution in [3.63, 3.8) is 0 Å². The summed E-state index contributed by atoms with van der Waals surface area (Å²) in [6.07, 6.45) is 1.82. The van der Waals surface area contributed by atoms with Gasteiger partial charge in [-0.2, -0.15) is 0 Å². The third-order valence-corrected chi connectivity index (χ3v) is 4.46. The van der Waals surface area contributed by atoms with Crippen molar-refractivity contribution in [2.24, 2.45) is 0 Å². The van der Waals surface area contributed by atoms with Gasteiger partial charge in [0.1, 0.15) is 11.3 Å². The van der Waals surface area contributed by atoms with E-state index in [4.69, 9.17) is 34.8 Å². The topological polar surface area (TPSA) is 46.4 Å². The van der Waals surface area contributed by atoms with Crippen molar-refractivity contribution < 1.29 is 4.79 Å². The van der Waals surface area contributed by atoms with E-state index in [9.17, 15) is 4.79 Å². The van der Waals surface area contributed by atoms with E-state index in [0.717, 1.165) is 5.56 Å². The molecule has 0 spiro atoms. The SMILES string of the molecule is Cc1ccn2c(C(=O)Nc3cc(Cl)c(Cl)cc3Cl)c(C)nc2c1. The summed E-state index contributed by atoms with van der Waals surface area (Å²) < 4.78 is 1.74. The highest BCUT2D eigenvalue weighted by molar-refractivity contribution is 6.44. The smallest absolute Gasteiger partial charge is 0.274 e. The number of anilines is 1. The molecule has 2 heterocycles. The van der Waals surface area contributed by atoms with Crippen molar-refractivity contribution in [2.45, 2.75) is 13.8 Å². The minimum atomic E-state index is -0.320. The van der Waals surface area contributed by atoms with Crippen LogP contribution < -0.4 is 5.32 Å². The number of carbonyl (C=O) groups excluding carboxylic acids is 1. The molecule has 7 heteroatoms. The number of nitrogens with zero attached hydrogens (tertiary/aromatic N) is 2. The number of imidazole rings is 1. The molecule has 4 nitrogen and oxygen atoms in total. The summed E-state index contributed by atoms with van der Waals surface area (Å²) in [6, 6.07) is 6.84. The van der Waals surface area contributed by atoms with Gasteiger partial charge in [-0.15, -0.1) is 0 Å². The molecule has 3 rings (SSSR count). The van der Waals surface area contributed by atoms with Crippen LogP contribution in [0.4, 0.5) is 5.69 Å². The van der Waals surface area contributed by atoms with Gasteiger partial charge >= 0.3 is 0 Å². The number of carbonyl (C=O) groups is 1. The molecular formula is C16H12Cl3N3O. The quantitative estimate of drug-likeness (QED) is 0.635. The highest BCUT2D eigenvalue weighted by Gasteiger charge is 2.18. The van der Waals surface area contributed by atoms with Gasteiger partial charge in [0.2, 0.25) is 0 Å².